The van der Waals surface area contributed by atoms with Crippen molar-refractivity contribution in [1.82, 2.24) is 30.6 Å². The van der Waals surface area contributed by atoms with E-state index in [2.05, 4.69) is 30.6 Å². The van der Waals surface area contributed by atoms with Gasteiger partial charge in [-0.1, -0.05) is 11.6 Å². The molecule has 9 rings (SSSR count). The molecule has 14 nitrogen and oxygen atoms in total. The van der Waals surface area contributed by atoms with Crippen molar-refractivity contribution in [2.75, 3.05) is 18.0 Å². The van der Waals surface area contributed by atoms with Gasteiger partial charge in [-0.25, -0.2) is 4.39 Å². The van der Waals surface area contributed by atoms with Crippen LogP contribution in [0.1, 0.15) is 87.3 Å². The number of aromatic nitrogens is 2. The molecule has 53 heavy (non-hydrogen) atoms. The molecule has 1 aliphatic carbocycles. The first-order valence-corrected chi connectivity index (χ1v) is 18.0. The van der Waals surface area contributed by atoms with Crippen molar-refractivity contribution in [1.29, 1.82) is 5.26 Å². The van der Waals surface area contributed by atoms with E-state index in [4.69, 9.17) is 21.6 Å². The maximum Gasteiger partial charge on any atom is 0.272 e. The lowest BCUT2D eigenvalue weighted by Gasteiger charge is -2.56. The fourth-order valence-electron chi connectivity index (χ4n) is 8.17. The SMILES string of the molecule is N#Cc1ccc(OC2CCC(NC(=O)c3ccc(N4C5CC4CN(Cc4cc(F)c6c(c4)C(=O)N(C4CCC(=O)NC4=O)C6=O)C5)nn3)CC2)cc1Cl. The first-order chi connectivity index (χ1) is 25.6. The second-order valence-electron chi connectivity index (χ2n) is 14.2. The van der Waals surface area contributed by atoms with Gasteiger partial charge >= 0.3 is 0 Å². The number of benzene rings is 2. The van der Waals surface area contributed by atoms with E-state index in [1.54, 1.807) is 30.3 Å². The number of imide groups is 2. The number of halogens is 2. The van der Waals surface area contributed by atoms with E-state index in [9.17, 15) is 24.0 Å². The zero-order chi connectivity index (χ0) is 37.0. The van der Waals surface area contributed by atoms with Gasteiger partial charge in [0.15, 0.2) is 11.5 Å². The lowest BCUT2D eigenvalue weighted by molar-refractivity contribution is -0.136. The van der Waals surface area contributed by atoms with Gasteiger partial charge in [-0.3, -0.25) is 39.1 Å². The summed E-state index contributed by atoms with van der Waals surface area (Å²) < 4.78 is 21.4. The van der Waals surface area contributed by atoms with E-state index >= 15 is 4.39 Å². The van der Waals surface area contributed by atoms with Crippen molar-refractivity contribution in [3.8, 4) is 11.8 Å². The Morgan fingerprint density at radius 2 is 1.77 bits per heavy atom. The molecule has 0 spiro atoms. The van der Waals surface area contributed by atoms with Crippen LogP contribution < -0.4 is 20.3 Å². The van der Waals surface area contributed by atoms with E-state index < -0.39 is 35.5 Å². The molecule has 0 radical (unpaired) electrons. The number of nitrogens with one attached hydrogen (secondary N) is 2. The fraction of sp³-hybridized carbons (Fsp3) is 0.405. The first kappa shape index (κ1) is 34.6. The number of nitrogens with zero attached hydrogens (tertiary/aromatic N) is 6. The number of nitriles is 1. The maximum absolute atomic E-state index is 15.3. The number of anilines is 1. The van der Waals surface area contributed by atoms with Crippen molar-refractivity contribution in [3.63, 3.8) is 0 Å². The summed E-state index contributed by atoms with van der Waals surface area (Å²) in [6.07, 6.45) is 3.90. The number of hydrogen-bond acceptors (Lipinski definition) is 11. The Hall–Kier alpha value is -5.46. The molecule has 6 heterocycles. The fourth-order valence-corrected chi connectivity index (χ4v) is 8.39. The molecule has 3 unspecified atom stereocenters. The standard InChI is InChI=1S/C37H34ClFN8O6/c38-27-14-25(4-1-20(27)15-40)53-24-5-2-21(3-6-24)41-34(49)29-7-9-31(44-43-29)46-22-13-23(46)18-45(17-22)16-19-11-26-33(28(39)12-19)37(52)47(36(26)51)30-8-10-32(48)42-35(30)50/h1,4,7,9,11-12,14,21-24,30H,2-3,5-6,8,10,13,16-18H2,(H,41,49)(H,42,48,50). The van der Waals surface area contributed by atoms with Crippen LogP contribution in [0.15, 0.2) is 42.5 Å². The first-order valence-electron chi connectivity index (χ1n) is 17.6. The topological polar surface area (TPSA) is 178 Å². The molecule has 5 fully saturated rings. The average Bonchev–Trinajstić information content (AvgIpc) is 3.38. The Morgan fingerprint density at radius 1 is 1.00 bits per heavy atom. The highest BCUT2D eigenvalue weighted by molar-refractivity contribution is 6.31. The third-order valence-corrected chi connectivity index (χ3v) is 11.1. The Labute approximate surface area is 308 Å². The van der Waals surface area contributed by atoms with Crippen molar-refractivity contribution in [3.05, 3.63) is 81.3 Å². The summed E-state index contributed by atoms with van der Waals surface area (Å²) in [6.45, 7) is 1.66. The Bertz CT molecular complexity index is 2070. The van der Waals surface area contributed by atoms with Crippen molar-refractivity contribution in [2.45, 2.75) is 81.8 Å². The van der Waals surface area contributed by atoms with E-state index in [1.165, 1.54) is 12.1 Å². The molecule has 1 saturated carbocycles. The van der Waals surface area contributed by atoms with Crippen LogP contribution in [0.3, 0.4) is 0 Å². The molecule has 5 aliphatic heterocycles. The van der Waals surface area contributed by atoms with Gasteiger partial charge in [-0.2, -0.15) is 5.26 Å². The van der Waals surface area contributed by atoms with Crippen molar-refractivity contribution in [2.24, 2.45) is 0 Å². The number of fused-ring (bicyclic) bond motifs is 3. The minimum Gasteiger partial charge on any atom is -0.490 e. The number of carbonyl (C=O) groups is 5. The number of hydrogen-bond donors (Lipinski definition) is 2. The third kappa shape index (κ3) is 6.57. The van der Waals surface area contributed by atoms with Gasteiger partial charge in [0.25, 0.3) is 17.7 Å². The molecule has 3 atom stereocenters. The molecule has 6 aliphatic rings. The van der Waals surface area contributed by atoms with Crippen LogP contribution in [0.5, 0.6) is 5.75 Å². The van der Waals surface area contributed by atoms with E-state index in [0.29, 0.717) is 47.4 Å². The lowest BCUT2D eigenvalue weighted by atomic mass is 9.87. The third-order valence-electron chi connectivity index (χ3n) is 10.7. The van der Waals surface area contributed by atoms with Crippen molar-refractivity contribution < 1.29 is 33.1 Å². The number of rotatable bonds is 8. The quantitative estimate of drug-likeness (QED) is 0.325. The molecular weight excluding hydrogens is 707 g/mol. The van der Waals surface area contributed by atoms with Crippen LogP contribution in [0.2, 0.25) is 5.02 Å². The summed E-state index contributed by atoms with van der Waals surface area (Å²) in [5.74, 6) is -2.66. The molecule has 272 valence electrons. The Balaban J connectivity index is 0.831. The highest BCUT2D eigenvalue weighted by Crippen LogP contribution is 2.37. The van der Waals surface area contributed by atoms with Crippen LogP contribution in [0.4, 0.5) is 10.2 Å². The average molecular weight is 741 g/mol. The van der Waals surface area contributed by atoms with Gasteiger partial charge in [-0.05, 0) is 80.5 Å². The van der Waals surface area contributed by atoms with Gasteiger partial charge in [0.2, 0.25) is 11.8 Å². The Morgan fingerprint density at radius 3 is 2.45 bits per heavy atom. The van der Waals surface area contributed by atoms with Gasteiger partial charge in [0, 0.05) is 50.2 Å². The largest absolute Gasteiger partial charge is 0.490 e. The predicted molar refractivity (Wildman–Crippen MR) is 185 cm³/mol. The number of amides is 5. The zero-order valence-corrected chi connectivity index (χ0v) is 29.1. The van der Waals surface area contributed by atoms with E-state index in [1.807, 2.05) is 6.07 Å². The van der Waals surface area contributed by atoms with Gasteiger partial charge in [0.05, 0.1) is 27.8 Å². The number of piperidine rings is 2. The smallest absolute Gasteiger partial charge is 0.272 e. The molecule has 2 N–H and O–H groups in total. The molecule has 3 aromatic rings. The normalized spacial score (nSPS) is 25.3. The number of ether oxygens (including phenoxy) is 1. The summed E-state index contributed by atoms with van der Waals surface area (Å²) >= 11 is 6.13. The molecule has 16 heteroatoms. The summed E-state index contributed by atoms with van der Waals surface area (Å²) in [7, 11) is 0. The lowest BCUT2D eigenvalue weighted by Crippen LogP contribution is -2.69. The predicted octanol–water partition coefficient (Wildman–Crippen LogP) is 3.13. The van der Waals surface area contributed by atoms with Gasteiger partial charge in [-0.15, -0.1) is 10.2 Å². The van der Waals surface area contributed by atoms with Gasteiger partial charge in [0.1, 0.15) is 23.7 Å². The zero-order valence-electron chi connectivity index (χ0n) is 28.4. The minimum atomic E-state index is -1.16. The number of piperazine rings is 1. The van der Waals surface area contributed by atoms with Crippen LogP contribution in [0, 0.1) is 17.1 Å². The van der Waals surface area contributed by atoms with Crippen LogP contribution in [-0.2, 0) is 16.1 Å². The number of carbonyl (C=O) groups excluding carboxylic acids is 5. The molecule has 2 bridgehead atoms. The molecule has 4 saturated heterocycles. The summed E-state index contributed by atoms with van der Waals surface area (Å²) in [5.41, 5.74) is 0.732. The Kier molecular flexibility index (Phi) is 9.03. The highest BCUT2D eigenvalue weighted by atomic mass is 35.5. The summed E-state index contributed by atoms with van der Waals surface area (Å²) in [5, 5.41) is 23.2. The summed E-state index contributed by atoms with van der Waals surface area (Å²) in [4.78, 5) is 68.4. The second-order valence-corrected chi connectivity index (χ2v) is 14.6. The van der Waals surface area contributed by atoms with Gasteiger partial charge < -0.3 is 15.0 Å². The molecular formula is C37H34ClFN8O6. The van der Waals surface area contributed by atoms with Crippen LogP contribution >= 0.6 is 11.6 Å². The second kappa shape index (κ2) is 13.8. The van der Waals surface area contributed by atoms with Crippen molar-refractivity contribution >= 4 is 47.0 Å². The van der Waals surface area contributed by atoms with Crippen LogP contribution in [-0.4, -0.2) is 92.9 Å². The van der Waals surface area contributed by atoms with E-state index in [-0.39, 0.29) is 59.8 Å². The maximum atomic E-state index is 15.3. The highest BCUT2D eigenvalue weighted by Gasteiger charge is 2.47. The minimum absolute atomic E-state index is 0.00442. The van der Waals surface area contributed by atoms with E-state index in [0.717, 1.165) is 37.0 Å². The molecule has 5 amide bonds. The molecule has 1 aromatic heterocycles. The summed E-state index contributed by atoms with van der Waals surface area (Å²) in [6, 6.07) is 12.4. The monoisotopic (exact) mass is 740 g/mol. The molecule has 2 aromatic carbocycles. The van der Waals surface area contributed by atoms with Crippen LogP contribution in [0.25, 0.3) is 0 Å².